The molecule has 0 fully saturated rings. The van der Waals surface area contributed by atoms with Gasteiger partial charge < -0.3 is 15.2 Å². The van der Waals surface area contributed by atoms with E-state index in [0.29, 0.717) is 18.7 Å². The van der Waals surface area contributed by atoms with Gasteiger partial charge in [0.25, 0.3) is 5.91 Å². The molecular formula is C14H17N3O3. The minimum atomic E-state index is -0.150. The number of hydrogen-bond donors (Lipinski definition) is 3. The van der Waals surface area contributed by atoms with Crippen LogP contribution in [0.3, 0.4) is 0 Å². The smallest absolute Gasteiger partial charge is 0.251 e. The van der Waals surface area contributed by atoms with Gasteiger partial charge >= 0.3 is 0 Å². The number of ether oxygens (including phenoxy) is 1. The van der Waals surface area contributed by atoms with Gasteiger partial charge in [-0.15, -0.1) is 0 Å². The van der Waals surface area contributed by atoms with Crippen molar-refractivity contribution in [3.8, 4) is 11.1 Å². The molecule has 0 aliphatic heterocycles. The van der Waals surface area contributed by atoms with E-state index >= 15 is 0 Å². The number of H-pyrrole nitrogens is 1. The second-order valence-corrected chi connectivity index (χ2v) is 4.16. The molecule has 0 saturated carbocycles. The minimum Gasteiger partial charge on any atom is -0.394 e. The highest BCUT2D eigenvalue weighted by Crippen LogP contribution is 2.18. The quantitative estimate of drug-likeness (QED) is 0.653. The zero-order valence-corrected chi connectivity index (χ0v) is 11.0. The molecule has 3 N–H and O–H groups in total. The average Bonchev–Trinajstić information content (AvgIpc) is 3.01. The number of carbonyl (C=O) groups excluding carboxylic acids is 1. The van der Waals surface area contributed by atoms with E-state index in [4.69, 9.17) is 9.84 Å². The topological polar surface area (TPSA) is 87.2 Å². The fourth-order valence-electron chi connectivity index (χ4n) is 1.75. The van der Waals surface area contributed by atoms with Crippen molar-refractivity contribution >= 4 is 5.91 Å². The van der Waals surface area contributed by atoms with Gasteiger partial charge in [0, 0.05) is 23.9 Å². The third kappa shape index (κ3) is 3.91. The Bertz CT molecular complexity index is 540. The lowest BCUT2D eigenvalue weighted by Gasteiger charge is -2.06. The molecule has 6 heteroatoms. The number of hydrogen-bond acceptors (Lipinski definition) is 4. The number of nitrogens with one attached hydrogen (secondary N) is 2. The number of aromatic amines is 1. The van der Waals surface area contributed by atoms with Crippen molar-refractivity contribution in [3.63, 3.8) is 0 Å². The molecule has 0 aliphatic rings. The normalized spacial score (nSPS) is 10.4. The van der Waals surface area contributed by atoms with Gasteiger partial charge in [-0.3, -0.25) is 9.89 Å². The standard InChI is InChI=1S/C14H17N3O3/c18-5-7-20-6-4-15-14(19)12-3-1-2-11(8-12)13-9-16-17-10-13/h1-3,8-10,18H,4-7H2,(H,15,19)(H,16,17). The van der Waals surface area contributed by atoms with Gasteiger partial charge in [0.15, 0.2) is 0 Å². The second kappa shape index (κ2) is 7.42. The van der Waals surface area contributed by atoms with E-state index in [1.165, 1.54) is 0 Å². The van der Waals surface area contributed by atoms with Crippen molar-refractivity contribution in [2.45, 2.75) is 0 Å². The van der Waals surface area contributed by atoms with Crippen LogP contribution < -0.4 is 5.32 Å². The molecule has 0 radical (unpaired) electrons. The lowest BCUT2D eigenvalue weighted by atomic mass is 10.1. The first kappa shape index (κ1) is 14.2. The fourth-order valence-corrected chi connectivity index (χ4v) is 1.75. The Morgan fingerprint density at radius 1 is 1.35 bits per heavy atom. The lowest BCUT2D eigenvalue weighted by molar-refractivity contribution is 0.0838. The molecule has 1 amide bonds. The van der Waals surface area contributed by atoms with E-state index in [-0.39, 0.29) is 19.1 Å². The summed E-state index contributed by atoms with van der Waals surface area (Å²) < 4.78 is 5.07. The number of carbonyl (C=O) groups is 1. The van der Waals surface area contributed by atoms with E-state index in [1.54, 1.807) is 18.5 Å². The second-order valence-electron chi connectivity index (χ2n) is 4.16. The SMILES string of the molecule is O=C(NCCOCCO)c1cccc(-c2cn[nH]c2)c1. The number of benzene rings is 1. The molecule has 0 saturated heterocycles. The molecular weight excluding hydrogens is 258 g/mol. The van der Waals surface area contributed by atoms with Crippen LogP contribution in [-0.2, 0) is 4.74 Å². The predicted molar refractivity (Wildman–Crippen MR) is 74.3 cm³/mol. The first-order chi connectivity index (χ1) is 9.81. The zero-order chi connectivity index (χ0) is 14.2. The molecule has 1 aromatic carbocycles. The lowest BCUT2D eigenvalue weighted by Crippen LogP contribution is -2.27. The van der Waals surface area contributed by atoms with Gasteiger partial charge in [-0.05, 0) is 17.7 Å². The summed E-state index contributed by atoms with van der Waals surface area (Å²) in [4.78, 5) is 12.0. The number of aliphatic hydroxyl groups excluding tert-OH is 1. The van der Waals surface area contributed by atoms with Crippen LogP contribution in [0.5, 0.6) is 0 Å². The van der Waals surface area contributed by atoms with E-state index in [1.807, 2.05) is 18.2 Å². The maximum absolute atomic E-state index is 12.0. The Balaban J connectivity index is 1.92. The van der Waals surface area contributed by atoms with Crippen LogP contribution in [0.15, 0.2) is 36.7 Å². The molecule has 20 heavy (non-hydrogen) atoms. The first-order valence-corrected chi connectivity index (χ1v) is 6.37. The molecule has 0 atom stereocenters. The largest absolute Gasteiger partial charge is 0.394 e. The van der Waals surface area contributed by atoms with E-state index in [9.17, 15) is 4.79 Å². The number of rotatable bonds is 7. The molecule has 0 bridgehead atoms. The maximum Gasteiger partial charge on any atom is 0.251 e. The molecule has 0 unspecified atom stereocenters. The number of aliphatic hydroxyl groups is 1. The minimum absolute atomic E-state index is 0.0132. The van der Waals surface area contributed by atoms with Gasteiger partial charge in [-0.1, -0.05) is 12.1 Å². The highest BCUT2D eigenvalue weighted by Gasteiger charge is 2.07. The molecule has 6 nitrogen and oxygen atoms in total. The van der Waals surface area contributed by atoms with Crippen molar-refractivity contribution in [1.29, 1.82) is 0 Å². The summed E-state index contributed by atoms with van der Waals surface area (Å²) in [5, 5.41) is 17.9. The molecule has 106 valence electrons. The Kier molecular flexibility index (Phi) is 5.28. The Morgan fingerprint density at radius 2 is 2.25 bits per heavy atom. The van der Waals surface area contributed by atoms with Crippen LogP contribution in [-0.4, -0.2) is 47.6 Å². The summed E-state index contributed by atoms with van der Waals surface area (Å²) in [6.45, 7) is 1.06. The van der Waals surface area contributed by atoms with Crippen LogP contribution in [0, 0.1) is 0 Å². The van der Waals surface area contributed by atoms with Crippen LogP contribution in [0.25, 0.3) is 11.1 Å². The van der Waals surface area contributed by atoms with Gasteiger partial charge in [0.1, 0.15) is 0 Å². The first-order valence-electron chi connectivity index (χ1n) is 6.37. The van der Waals surface area contributed by atoms with E-state index in [2.05, 4.69) is 15.5 Å². The van der Waals surface area contributed by atoms with Crippen molar-refractivity contribution < 1.29 is 14.6 Å². The van der Waals surface area contributed by atoms with Crippen LogP contribution in [0.4, 0.5) is 0 Å². The predicted octanol–water partition coefficient (Wildman–Crippen LogP) is 0.815. The van der Waals surface area contributed by atoms with E-state index < -0.39 is 0 Å². The molecule has 2 aromatic rings. The summed E-state index contributed by atoms with van der Waals surface area (Å²) in [6.07, 6.45) is 3.49. The van der Waals surface area contributed by atoms with Gasteiger partial charge in [-0.25, -0.2) is 0 Å². The highest BCUT2D eigenvalue weighted by atomic mass is 16.5. The Morgan fingerprint density at radius 3 is 3.00 bits per heavy atom. The van der Waals surface area contributed by atoms with Crippen molar-refractivity contribution in [1.82, 2.24) is 15.5 Å². The summed E-state index contributed by atoms with van der Waals surface area (Å²) in [7, 11) is 0. The number of aromatic nitrogens is 2. The summed E-state index contributed by atoms with van der Waals surface area (Å²) in [6, 6.07) is 7.33. The zero-order valence-electron chi connectivity index (χ0n) is 11.0. The molecule has 1 heterocycles. The third-order valence-electron chi connectivity index (χ3n) is 2.72. The molecule has 0 aliphatic carbocycles. The summed E-state index contributed by atoms with van der Waals surface area (Å²) in [5.41, 5.74) is 2.46. The molecule has 1 aromatic heterocycles. The number of nitrogens with zero attached hydrogens (tertiary/aromatic N) is 1. The van der Waals surface area contributed by atoms with Gasteiger partial charge in [-0.2, -0.15) is 5.10 Å². The summed E-state index contributed by atoms with van der Waals surface area (Å²) >= 11 is 0. The van der Waals surface area contributed by atoms with E-state index in [0.717, 1.165) is 11.1 Å². The fraction of sp³-hybridized carbons (Fsp3) is 0.286. The van der Waals surface area contributed by atoms with Gasteiger partial charge in [0.05, 0.1) is 26.0 Å². The van der Waals surface area contributed by atoms with Crippen molar-refractivity contribution in [2.75, 3.05) is 26.4 Å². The third-order valence-corrected chi connectivity index (χ3v) is 2.72. The maximum atomic E-state index is 12.0. The van der Waals surface area contributed by atoms with Crippen LogP contribution >= 0.6 is 0 Å². The van der Waals surface area contributed by atoms with Crippen LogP contribution in [0.2, 0.25) is 0 Å². The Hall–Kier alpha value is -2.18. The van der Waals surface area contributed by atoms with Gasteiger partial charge in [0.2, 0.25) is 0 Å². The van der Waals surface area contributed by atoms with Crippen molar-refractivity contribution in [3.05, 3.63) is 42.2 Å². The Labute approximate surface area is 116 Å². The average molecular weight is 275 g/mol. The summed E-state index contributed by atoms with van der Waals surface area (Å²) in [5.74, 6) is -0.150. The molecule has 2 rings (SSSR count). The highest BCUT2D eigenvalue weighted by molar-refractivity contribution is 5.95. The van der Waals surface area contributed by atoms with Crippen molar-refractivity contribution in [2.24, 2.45) is 0 Å². The number of amides is 1. The monoisotopic (exact) mass is 275 g/mol. The molecule has 0 spiro atoms. The van der Waals surface area contributed by atoms with Crippen LogP contribution in [0.1, 0.15) is 10.4 Å².